The molecule has 0 aliphatic heterocycles. The van der Waals surface area contributed by atoms with Gasteiger partial charge in [-0.05, 0) is 31.5 Å². The molecule has 3 heteroatoms. The summed E-state index contributed by atoms with van der Waals surface area (Å²) in [5, 5.41) is 1.10. The van der Waals surface area contributed by atoms with E-state index in [2.05, 4.69) is 61.1 Å². The van der Waals surface area contributed by atoms with Crippen molar-refractivity contribution in [2.45, 2.75) is 20.4 Å². The van der Waals surface area contributed by atoms with Crippen LogP contribution in [0.2, 0.25) is 0 Å². The molecule has 0 unspecified atom stereocenters. The normalized spacial score (nSPS) is 11.0. The molecule has 0 saturated heterocycles. The van der Waals surface area contributed by atoms with Gasteiger partial charge in [0.05, 0.1) is 15.8 Å². The second-order valence-corrected chi connectivity index (χ2v) is 5.39. The highest BCUT2D eigenvalue weighted by molar-refractivity contribution is 7.21. The van der Waals surface area contributed by atoms with Crippen LogP contribution >= 0.6 is 11.3 Å². The number of hydrogen-bond acceptors (Lipinski definition) is 2. The molecule has 0 amide bonds. The van der Waals surface area contributed by atoms with Gasteiger partial charge in [-0.15, -0.1) is 11.3 Å². The van der Waals surface area contributed by atoms with Gasteiger partial charge >= 0.3 is 0 Å². The van der Waals surface area contributed by atoms with Gasteiger partial charge in [-0.3, -0.25) is 0 Å². The fraction of sp³-hybridized carbons (Fsp3) is 0.200. The maximum Gasteiger partial charge on any atom is 0.179 e. The Balaban J connectivity index is 2.16. The SMILES string of the molecule is CC[n+]1cccc(-c2nc3c(C)cccc3s2)c1. The summed E-state index contributed by atoms with van der Waals surface area (Å²) < 4.78 is 3.44. The molecule has 0 bridgehead atoms. The van der Waals surface area contributed by atoms with E-state index < -0.39 is 0 Å². The molecular formula is C15H15N2S+. The second-order valence-electron chi connectivity index (χ2n) is 4.36. The molecule has 2 heterocycles. The number of hydrogen-bond donors (Lipinski definition) is 0. The van der Waals surface area contributed by atoms with E-state index in [1.807, 2.05) is 0 Å². The lowest BCUT2D eigenvalue weighted by atomic mass is 10.2. The Kier molecular flexibility index (Phi) is 2.84. The molecule has 0 spiro atoms. The van der Waals surface area contributed by atoms with Crippen LogP contribution in [0.25, 0.3) is 20.8 Å². The monoisotopic (exact) mass is 255 g/mol. The van der Waals surface area contributed by atoms with Crippen LogP contribution in [0.3, 0.4) is 0 Å². The first-order valence-corrected chi connectivity index (χ1v) is 6.95. The lowest BCUT2D eigenvalue weighted by molar-refractivity contribution is -0.693. The number of nitrogens with zero attached hydrogens (tertiary/aromatic N) is 2. The van der Waals surface area contributed by atoms with Crippen LogP contribution in [0.4, 0.5) is 0 Å². The predicted molar refractivity (Wildman–Crippen MR) is 75.7 cm³/mol. The van der Waals surface area contributed by atoms with Crippen LogP contribution < -0.4 is 4.57 Å². The lowest BCUT2D eigenvalue weighted by Crippen LogP contribution is -2.30. The predicted octanol–water partition coefficient (Wildman–Crippen LogP) is 3.58. The third kappa shape index (κ3) is 1.91. The minimum Gasteiger partial charge on any atom is -0.236 e. The van der Waals surface area contributed by atoms with Gasteiger partial charge in [-0.25, -0.2) is 9.55 Å². The molecule has 0 radical (unpaired) electrons. The Morgan fingerprint density at radius 2 is 2.11 bits per heavy atom. The zero-order valence-corrected chi connectivity index (χ0v) is 11.4. The first-order chi connectivity index (χ1) is 8.78. The highest BCUT2D eigenvalue weighted by atomic mass is 32.1. The molecule has 18 heavy (non-hydrogen) atoms. The molecule has 0 saturated carbocycles. The number of rotatable bonds is 2. The van der Waals surface area contributed by atoms with E-state index >= 15 is 0 Å². The van der Waals surface area contributed by atoms with E-state index in [9.17, 15) is 0 Å². The summed E-state index contributed by atoms with van der Waals surface area (Å²) >= 11 is 1.76. The molecule has 1 aromatic carbocycles. The van der Waals surface area contributed by atoms with Crippen molar-refractivity contribution in [1.82, 2.24) is 4.98 Å². The third-order valence-electron chi connectivity index (χ3n) is 3.09. The number of aromatic nitrogens is 2. The van der Waals surface area contributed by atoms with Crippen molar-refractivity contribution in [2.24, 2.45) is 0 Å². The van der Waals surface area contributed by atoms with E-state index in [0.717, 1.165) is 17.1 Å². The number of thiazole rings is 1. The molecule has 2 aromatic heterocycles. The fourth-order valence-electron chi connectivity index (χ4n) is 2.05. The Hall–Kier alpha value is -1.74. The van der Waals surface area contributed by atoms with Gasteiger partial charge < -0.3 is 0 Å². The van der Waals surface area contributed by atoms with Crippen LogP contribution in [0, 0.1) is 6.92 Å². The van der Waals surface area contributed by atoms with E-state index in [-0.39, 0.29) is 0 Å². The maximum atomic E-state index is 4.76. The van der Waals surface area contributed by atoms with E-state index in [1.165, 1.54) is 15.8 Å². The smallest absolute Gasteiger partial charge is 0.179 e. The molecule has 0 atom stereocenters. The summed E-state index contributed by atoms with van der Waals surface area (Å²) in [7, 11) is 0. The molecular weight excluding hydrogens is 240 g/mol. The van der Waals surface area contributed by atoms with Gasteiger partial charge in [0.25, 0.3) is 0 Å². The van der Waals surface area contributed by atoms with Crippen molar-refractivity contribution >= 4 is 21.6 Å². The summed E-state index contributed by atoms with van der Waals surface area (Å²) in [5.74, 6) is 0. The van der Waals surface area contributed by atoms with E-state index in [1.54, 1.807) is 11.3 Å². The highest BCUT2D eigenvalue weighted by Gasteiger charge is 2.10. The standard InChI is InChI=1S/C15H15N2S/c1-3-17-9-5-7-12(10-17)15-16-14-11(2)6-4-8-13(14)18-15/h4-10H,3H2,1-2H3/q+1. The zero-order chi connectivity index (χ0) is 12.5. The van der Waals surface area contributed by atoms with Crippen molar-refractivity contribution in [2.75, 3.05) is 0 Å². The van der Waals surface area contributed by atoms with Gasteiger partial charge in [0.1, 0.15) is 11.6 Å². The summed E-state index contributed by atoms with van der Waals surface area (Å²) in [5.41, 5.74) is 3.57. The number of pyridine rings is 1. The Morgan fingerprint density at radius 3 is 2.89 bits per heavy atom. The van der Waals surface area contributed by atoms with Crippen molar-refractivity contribution in [1.29, 1.82) is 0 Å². The summed E-state index contributed by atoms with van der Waals surface area (Å²) in [6, 6.07) is 10.6. The summed E-state index contributed by atoms with van der Waals surface area (Å²) in [6.07, 6.45) is 4.25. The Bertz CT molecular complexity index is 701. The quantitative estimate of drug-likeness (QED) is 0.640. The minimum absolute atomic E-state index is 0.984. The van der Waals surface area contributed by atoms with Crippen molar-refractivity contribution < 1.29 is 4.57 Å². The molecule has 2 nitrogen and oxygen atoms in total. The lowest BCUT2D eigenvalue weighted by Gasteiger charge is -1.94. The van der Waals surface area contributed by atoms with Crippen LogP contribution in [-0.4, -0.2) is 4.98 Å². The first kappa shape index (κ1) is 11.4. The summed E-state index contributed by atoms with van der Waals surface area (Å²) in [4.78, 5) is 4.76. The van der Waals surface area contributed by atoms with Gasteiger partial charge in [0, 0.05) is 6.07 Å². The van der Waals surface area contributed by atoms with Crippen LogP contribution in [0.5, 0.6) is 0 Å². The number of aryl methyl sites for hydroxylation is 2. The van der Waals surface area contributed by atoms with Gasteiger partial charge in [0.2, 0.25) is 0 Å². The molecule has 3 aromatic rings. The van der Waals surface area contributed by atoms with E-state index in [0.29, 0.717) is 0 Å². The third-order valence-corrected chi connectivity index (χ3v) is 4.16. The molecule has 3 rings (SSSR count). The highest BCUT2D eigenvalue weighted by Crippen LogP contribution is 2.30. The Labute approximate surface area is 111 Å². The zero-order valence-electron chi connectivity index (χ0n) is 10.6. The fourth-order valence-corrected chi connectivity index (χ4v) is 3.09. The molecule has 90 valence electrons. The van der Waals surface area contributed by atoms with Gasteiger partial charge in [0.15, 0.2) is 12.4 Å². The van der Waals surface area contributed by atoms with Crippen molar-refractivity contribution in [3.05, 3.63) is 48.3 Å². The first-order valence-electron chi connectivity index (χ1n) is 6.13. The number of para-hydroxylation sites is 1. The largest absolute Gasteiger partial charge is 0.236 e. The van der Waals surface area contributed by atoms with Crippen LogP contribution in [-0.2, 0) is 6.54 Å². The van der Waals surface area contributed by atoms with Crippen molar-refractivity contribution in [3.8, 4) is 10.6 Å². The topological polar surface area (TPSA) is 16.8 Å². The van der Waals surface area contributed by atoms with Crippen LogP contribution in [0.15, 0.2) is 42.7 Å². The van der Waals surface area contributed by atoms with Crippen LogP contribution in [0.1, 0.15) is 12.5 Å². The number of benzene rings is 1. The molecule has 0 aliphatic carbocycles. The molecule has 0 fully saturated rings. The molecule has 0 N–H and O–H groups in total. The minimum atomic E-state index is 0.984. The second kappa shape index (κ2) is 4.50. The Morgan fingerprint density at radius 1 is 1.22 bits per heavy atom. The van der Waals surface area contributed by atoms with Gasteiger partial charge in [-0.1, -0.05) is 12.1 Å². The van der Waals surface area contributed by atoms with Gasteiger partial charge in [-0.2, -0.15) is 0 Å². The number of fused-ring (bicyclic) bond motifs is 1. The average Bonchev–Trinajstić information content (AvgIpc) is 2.84. The maximum absolute atomic E-state index is 4.76. The summed E-state index contributed by atoms with van der Waals surface area (Å²) in [6.45, 7) is 5.24. The average molecular weight is 255 g/mol. The molecule has 0 aliphatic rings. The van der Waals surface area contributed by atoms with Crippen molar-refractivity contribution in [3.63, 3.8) is 0 Å². The van der Waals surface area contributed by atoms with E-state index in [4.69, 9.17) is 4.98 Å².